The van der Waals surface area contributed by atoms with E-state index in [2.05, 4.69) is 21.0 Å². The Morgan fingerprint density at radius 3 is 1.93 bits per heavy atom. The van der Waals surface area contributed by atoms with Crippen molar-refractivity contribution in [3.8, 4) is 0 Å². The highest BCUT2D eigenvalue weighted by atomic mass is 35.5. The third-order valence-corrected chi connectivity index (χ3v) is 2.79. The van der Waals surface area contributed by atoms with Crippen LogP contribution in [0.1, 0.15) is 45.4 Å². The van der Waals surface area contributed by atoms with Crippen LogP contribution in [0, 0.1) is 0 Å². The lowest BCUT2D eigenvalue weighted by molar-refractivity contribution is -0.890. The zero-order valence-electron chi connectivity index (χ0n) is 10.6. The molecule has 0 fully saturated rings. The molecule has 0 saturated heterocycles. The van der Waals surface area contributed by atoms with Gasteiger partial charge >= 0.3 is 0 Å². The Labute approximate surface area is 102 Å². The molecule has 0 aliphatic carbocycles. The lowest BCUT2D eigenvalue weighted by Crippen LogP contribution is -3.00. The molecule has 0 aromatic heterocycles. The monoisotopic (exact) mass is 237 g/mol. The first kappa shape index (κ1) is 17.6. The van der Waals surface area contributed by atoms with Crippen molar-refractivity contribution in [3.63, 3.8) is 0 Å². The molecule has 0 atom stereocenters. The van der Waals surface area contributed by atoms with Gasteiger partial charge in [-0.3, -0.25) is 0 Å². The molecule has 0 radical (unpaired) electrons. The van der Waals surface area contributed by atoms with Crippen LogP contribution in [0.25, 0.3) is 0 Å². The summed E-state index contributed by atoms with van der Waals surface area (Å²) in [6, 6.07) is 0. The Morgan fingerprint density at radius 1 is 0.867 bits per heavy atom. The van der Waals surface area contributed by atoms with E-state index in [1.807, 2.05) is 0 Å². The molecule has 0 aliphatic rings. The summed E-state index contributed by atoms with van der Waals surface area (Å²) in [5.41, 5.74) is 0. The van der Waals surface area contributed by atoms with E-state index in [9.17, 15) is 0 Å². The molecule has 0 saturated carbocycles. The zero-order chi connectivity index (χ0) is 10.9. The fourth-order valence-corrected chi connectivity index (χ4v) is 1.75. The summed E-state index contributed by atoms with van der Waals surface area (Å²) in [7, 11) is 4.52. The first-order valence-corrected chi connectivity index (χ1v) is 6.05. The smallest absolute Gasteiger partial charge is 0.0804 e. The molecule has 0 aromatic rings. The number of halogens is 1. The van der Waals surface area contributed by atoms with Crippen molar-refractivity contribution in [3.05, 3.63) is 0 Å². The number of aliphatic hydroxyl groups excluding tert-OH is 1. The van der Waals surface area contributed by atoms with Gasteiger partial charge in [0.15, 0.2) is 0 Å². The van der Waals surface area contributed by atoms with E-state index in [0.717, 1.165) is 17.4 Å². The second-order valence-electron chi connectivity index (χ2n) is 4.87. The molecule has 0 aromatic carbocycles. The van der Waals surface area contributed by atoms with Crippen molar-refractivity contribution >= 4 is 0 Å². The predicted octanol–water partition coefficient (Wildman–Crippen LogP) is -0.580. The lowest BCUT2D eigenvalue weighted by Gasteiger charge is -2.29. The summed E-state index contributed by atoms with van der Waals surface area (Å²) >= 11 is 0. The van der Waals surface area contributed by atoms with Crippen molar-refractivity contribution < 1.29 is 22.0 Å². The van der Waals surface area contributed by atoms with Gasteiger partial charge in [0.25, 0.3) is 0 Å². The zero-order valence-corrected chi connectivity index (χ0v) is 11.4. The molecule has 3 heteroatoms. The molecule has 1 N–H and O–H groups in total. The fourth-order valence-electron chi connectivity index (χ4n) is 1.75. The van der Waals surface area contributed by atoms with Crippen LogP contribution in [-0.2, 0) is 0 Å². The van der Waals surface area contributed by atoms with Crippen LogP contribution >= 0.6 is 0 Å². The van der Waals surface area contributed by atoms with E-state index in [4.69, 9.17) is 5.11 Å². The van der Waals surface area contributed by atoms with Crippen LogP contribution in [0.15, 0.2) is 0 Å². The van der Waals surface area contributed by atoms with E-state index in [1.165, 1.54) is 38.6 Å². The van der Waals surface area contributed by atoms with Crippen LogP contribution in [0.4, 0.5) is 0 Å². The second kappa shape index (κ2) is 10.7. The Balaban J connectivity index is 0. The Hall–Kier alpha value is 0.210. The fraction of sp³-hybridized carbons (Fsp3) is 1.00. The third kappa shape index (κ3) is 12.1. The summed E-state index contributed by atoms with van der Waals surface area (Å²) < 4.78 is 1.06. The van der Waals surface area contributed by atoms with Gasteiger partial charge in [0.2, 0.25) is 0 Å². The quantitative estimate of drug-likeness (QED) is 0.420. The summed E-state index contributed by atoms with van der Waals surface area (Å²) in [5, 5.41) is 8.76. The summed E-state index contributed by atoms with van der Waals surface area (Å²) in [4.78, 5) is 0. The number of unbranched alkanes of at least 4 members (excludes halogenated alkanes) is 4. The number of hydrogen-bond donors (Lipinski definition) is 1. The Kier molecular flexibility index (Phi) is 12.6. The summed E-state index contributed by atoms with van der Waals surface area (Å²) in [6.45, 7) is 4.94. The lowest BCUT2D eigenvalue weighted by atomic mass is 10.1. The maximum Gasteiger partial charge on any atom is 0.0804 e. The largest absolute Gasteiger partial charge is 1.00 e. The van der Waals surface area contributed by atoms with Crippen LogP contribution < -0.4 is 12.4 Å². The number of quaternary nitrogens is 1. The number of hydrogen-bond acceptors (Lipinski definition) is 1. The molecule has 0 rings (SSSR count). The molecule has 0 unspecified atom stereocenters. The van der Waals surface area contributed by atoms with Gasteiger partial charge in [0.05, 0.1) is 27.2 Å². The molecule has 15 heavy (non-hydrogen) atoms. The van der Waals surface area contributed by atoms with E-state index in [0.29, 0.717) is 6.61 Å². The molecule has 0 heterocycles. The maximum atomic E-state index is 8.76. The average molecular weight is 238 g/mol. The van der Waals surface area contributed by atoms with Crippen molar-refractivity contribution in [2.75, 3.05) is 33.8 Å². The van der Waals surface area contributed by atoms with Crippen LogP contribution in [-0.4, -0.2) is 43.4 Å². The Morgan fingerprint density at radius 2 is 1.40 bits per heavy atom. The number of rotatable bonds is 9. The molecule has 0 spiro atoms. The van der Waals surface area contributed by atoms with Crippen LogP contribution in [0.5, 0.6) is 0 Å². The van der Waals surface area contributed by atoms with Gasteiger partial charge in [-0.25, -0.2) is 0 Å². The molecule has 0 amide bonds. The highest BCUT2D eigenvalue weighted by Crippen LogP contribution is 2.07. The topological polar surface area (TPSA) is 20.2 Å². The maximum absolute atomic E-state index is 8.76. The normalized spacial score (nSPS) is 11.2. The van der Waals surface area contributed by atoms with Crippen molar-refractivity contribution in [2.45, 2.75) is 45.4 Å². The molecule has 0 bridgehead atoms. The second-order valence-corrected chi connectivity index (χ2v) is 4.87. The standard InChI is InChI=1S/C12H28NO.ClH/c1-4-5-6-7-8-10-13(2,3)11-9-12-14;/h14H,4-12H2,1-3H3;1H/q+1;/p-1. The van der Waals surface area contributed by atoms with Crippen LogP contribution in [0.3, 0.4) is 0 Å². The van der Waals surface area contributed by atoms with Gasteiger partial charge in [0.1, 0.15) is 0 Å². The van der Waals surface area contributed by atoms with Gasteiger partial charge in [-0.2, -0.15) is 0 Å². The van der Waals surface area contributed by atoms with Gasteiger partial charge in [0, 0.05) is 13.0 Å². The first-order valence-electron chi connectivity index (χ1n) is 6.05. The minimum absolute atomic E-state index is 0. The third-order valence-electron chi connectivity index (χ3n) is 2.79. The molecular weight excluding hydrogens is 210 g/mol. The van der Waals surface area contributed by atoms with E-state index >= 15 is 0 Å². The van der Waals surface area contributed by atoms with E-state index < -0.39 is 0 Å². The molecule has 94 valence electrons. The Bertz CT molecular complexity index is 129. The van der Waals surface area contributed by atoms with Gasteiger partial charge in [-0.1, -0.05) is 26.2 Å². The van der Waals surface area contributed by atoms with Crippen molar-refractivity contribution in [1.82, 2.24) is 0 Å². The molecule has 0 aliphatic heterocycles. The molecule has 2 nitrogen and oxygen atoms in total. The molecular formula is C12H28ClNO. The first-order chi connectivity index (χ1) is 6.62. The summed E-state index contributed by atoms with van der Waals surface area (Å²) in [5.74, 6) is 0. The number of nitrogens with zero attached hydrogens (tertiary/aromatic N) is 1. The van der Waals surface area contributed by atoms with E-state index in [-0.39, 0.29) is 12.4 Å². The minimum Gasteiger partial charge on any atom is -1.00 e. The predicted molar refractivity (Wildman–Crippen MR) is 62.3 cm³/mol. The summed E-state index contributed by atoms with van der Waals surface area (Å²) in [6.07, 6.45) is 7.72. The number of aliphatic hydroxyl groups is 1. The van der Waals surface area contributed by atoms with E-state index in [1.54, 1.807) is 0 Å². The minimum atomic E-state index is 0. The van der Waals surface area contributed by atoms with Crippen molar-refractivity contribution in [2.24, 2.45) is 0 Å². The highest BCUT2D eigenvalue weighted by Gasteiger charge is 2.12. The highest BCUT2D eigenvalue weighted by molar-refractivity contribution is 4.43. The van der Waals surface area contributed by atoms with Gasteiger partial charge in [-0.05, 0) is 12.8 Å². The SMILES string of the molecule is CCCCCCC[N+](C)(C)CCCO.[Cl-]. The average Bonchev–Trinajstić information content (AvgIpc) is 2.15. The van der Waals surface area contributed by atoms with Crippen molar-refractivity contribution in [1.29, 1.82) is 0 Å². The van der Waals surface area contributed by atoms with Gasteiger partial charge < -0.3 is 22.0 Å². The van der Waals surface area contributed by atoms with Crippen LogP contribution in [0.2, 0.25) is 0 Å². The van der Waals surface area contributed by atoms with Gasteiger partial charge in [-0.15, -0.1) is 0 Å².